The minimum Gasteiger partial charge on any atom is -0.508 e. The van der Waals surface area contributed by atoms with Crippen LogP contribution in [0.1, 0.15) is 18.9 Å². The molecule has 0 radical (unpaired) electrons. The Hall–Kier alpha value is -1.59. The van der Waals surface area contributed by atoms with Gasteiger partial charge in [-0.1, -0.05) is 12.1 Å². The van der Waals surface area contributed by atoms with Crippen LogP contribution in [0, 0.1) is 0 Å². The standard InChI is InChI=1S/C14H20N2O3/c1-14(6-7-15)10-16(13(18)9-19-14)8-11-2-4-12(17)5-3-11/h2-5,17H,6-10,15H2,1H3. The Morgan fingerprint density at radius 2 is 2.11 bits per heavy atom. The Balaban J connectivity index is 2.05. The van der Waals surface area contributed by atoms with Crippen LogP contribution in [-0.4, -0.2) is 41.2 Å². The summed E-state index contributed by atoms with van der Waals surface area (Å²) in [5, 5.41) is 9.25. The zero-order valence-corrected chi connectivity index (χ0v) is 11.1. The third-order valence-corrected chi connectivity index (χ3v) is 3.41. The first-order valence-corrected chi connectivity index (χ1v) is 6.42. The van der Waals surface area contributed by atoms with Gasteiger partial charge in [0.1, 0.15) is 12.4 Å². The van der Waals surface area contributed by atoms with E-state index in [-0.39, 0.29) is 23.9 Å². The zero-order valence-electron chi connectivity index (χ0n) is 11.1. The predicted octanol–water partition coefficient (Wildman–Crippen LogP) is 0.858. The van der Waals surface area contributed by atoms with Crippen molar-refractivity contribution in [3.8, 4) is 5.75 Å². The number of ether oxygens (including phenoxy) is 1. The third kappa shape index (κ3) is 3.45. The van der Waals surface area contributed by atoms with Crippen molar-refractivity contribution in [1.29, 1.82) is 0 Å². The fraction of sp³-hybridized carbons (Fsp3) is 0.500. The number of hydrogen-bond acceptors (Lipinski definition) is 4. The first kappa shape index (κ1) is 13.8. The quantitative estimate of drug-likeness (QED) is 0.845. The largest absolute Gasteiger partial charge is 0.508 e. The lowest BCUT2D eigenvalue weighted by Gasteiger charge is -2.40. The molecule has 3 N–H and O–H groups in total. The Kier molecular flexibility index (Phi) is 4.07. The molecule has 0 saturated carbocycles. The number of nitrogens with zero attached hydrogens (tertiary/aromatic N) is 1. The summed E-state index contributed by atoms with van der Waals surface area (Å²) in [6.45, 7) is 3.70. The molecule has 1 saturated heterocycles. The molecule has 104 valence electrons. The summed E-state index contributed by atoms with van der Waals surface area (Å²) < 4.78 is 5.59. The molecule has 0 spiro atoms. The molecule has 5 nitrogen and oxygen atoms in total. The molecule has 1 heterocycles. The molecule has 0 aliphatic carbocycles. The molecule has 0 aromatic heterocycles. The van der Waals surface area contributed by atoms with Crippen molar-refractivity contribution >= 4 is 5.91 Å². The molecule has 1 fully saturated rings. The number of aromatic hydroxyl groups is 1. The van der Waals surface area contributed by atoms with Crippen molar-refractivity contribution < 1.29 is 14.6 Å². The average molecular weight is 264 g/mol. The van der Waals surface area contributed by atoms with Crippen molar-refractivity contribution in [2.45, 2.75) is 25.5 Å². The van der Waals surface area contributed by atoms with Gasteiger partial charge in [0.2, 0.25) is 5.91 Å². The van der Waals surface area contributed by atoms with Crippen LogP contribution in [0.5, 0.6) is 5.75 Å². The van der Waals surface area contributed by atoms with Crippen LogP contribution in [0.3, 0.4) is 0 Å². The van der Waals surface area contributed by atoms with E-state index in [1.807, 2.05) is 19.1 Å². The highest BCUT2D eigenvalue weighted by atomic mass is 16.5. The number of carbonyl (C=O) groups is 1. The molecule has 1 aromatic carbocycles. The molecular formula is C14H20N2O3. The van der Waals surface area contributed by atoms with Crippen molar-refractivity contribution in [2.24, 2.45) is 5.73 Å². The second-order valence-electron chi connectivity index (χ2n) is 5.19. The van der Waals surface area contributed by atoms with Crippen LogP contribution in [0.25, 0.3) is 0 Å². The maximum Gasteiger partial charge on any atom is 0.248 e. The molecule has 1 aliphatic rings. The molecular weight excluding hydrogens is 244 g/mol. The summed E-state index contributed by atoms with van der Waals surface area (Å²) in [6, 6.07) is 6.88. The third-order valence-electron chi connectivity index (χ3n) is 3.41. The maximum absolute atomic E-state index is 11.9. The molecule has 2 rings (SSSR count). The minimum absolute atomic E-state index is 0.0115. The number of carbonyl (C=O) groups excluding carboxylic acids is 1. The van der Waals surface area contributed by atoms with E-state index in [2.05, 4.69) is 0 Å². The number of phenolic OH excluding ortho intramolecular Hbond substituents is 1. The molecule has 1 atom stereocenters. The lowest BCUT2D eigenvalue weighted by molar-refractivity contribution is -0.162. The van der Waals surface area contributed by atoms with E-state index in [1.54, 1.807) is 17.0 Å². The van der Waals surface area contributed by atoms with Crippen LogP contribution in [-0.2, 0) is 16.1 Å². The van der Waals surface area contributed by atoms with Gasteiger partial charge in [0, 0.05) is 13.1 Å². The summed E-state index contributed by atoms with van der Waals surface area (Å²) in [7, 11) is 0. The molecule has 1 unspecified atom stereocenters. The van der Waals surface area contributed by atoms with Crippen LogP contribution >= 0.6 is 0 Å². The number of hydrogen-bond donors (Lipinski definition) is 2. The molecule has 1 aliphatic heterocycles. The minimum atomic E-state index is -0.362. The summed E-state index contributed by atoms with van der Waals surface area (Å²) in [5.41, 5.74) is 6.21. The summed E-state index contributed by atoms with van der Waals surface area (Å²) in [4.78, 5) is 13.7. The Bertz CT molecular complexity index is 447. The fourth-order valence-electron chi connectivity index (χ4n) is 2.29. The normalized spacial score (nSPS) is 23.7. The monoisotopic (exact) mass is 264 g/mol. The van der Waals surface area contributed by atoms with E-state index >= 15 is 0 Å². The molecule has 0 bridgehead atoms. The predicted molar refractivity (Wildman–Crippen MR) is 71.6 cm³/mol. The van der Waals surface area contributed by atoms with Gasteiger partial charge >= 0.3 is 0 Å². The number of rotatable bonds is 4. The number of amides is 1. The SMILES string of the molecule is CC1(CCN)CN(Cc2ccc(O)cc2)C(=O)CO1. The van der Waals surface area contributed by atoms with Gasteiger partial charge in [-0.25, -0.2) is 0 Å². The first-order chi connectivity index (χ1) is 9.02. The summed E-state index contributed by atoms with van der Waals surface area (Å²) in [6.07, 6.45) is 0.729. The van der Waals surface area contributed by atoms with Gasteiger partial charge in [-0.15, -0.1) is 0 Å². The Labute approximate surface area is 113 Å². The highest BCUT2D eigenvalue weighted by Crippen LogP contribution is 2.23. The Morgan fingerprint density at radius 3 is 2.74 bits per heavy atom. The highest BCUT2D eigenvalue weighted by molar-refractivity contribution is 5.78. The molecule has 19 heavy (non-hydrogen) atoms. The summed E-state index contributed by atoms with van der Waals surface area (Å²) in [5.74, 6) is 0.215. The average Bonchev–Trinajstić information content (AvgIpc) is 2.37. The van der Waals surface area contributed by atoms with Gasteiger partial charge in [0.25, 0.3) is 0 Å². The molecule has 5 heteroatoms. The van der Waals surface area contributed by atoms with Crippen LogP contribution in [0.2, 0.25) is 0 Å². The van der Waals surface area contributed by atoms with Gasteiger partial charge in [-0.2, -0.15) is 0 Å². The molecule has 1 amide bonds. The van der Waals surface area contributed by atoms with Gasteiger partial charge in [-0.3, -0.25) is 4.79 Å². The topological polar surface area (TPSA) is 75.8 Å². The first-order valence-electron chi connectivity index (χ1n) is 6.42. The summed E-state index contributed by atoms with van der Waals surface area (Å²) >= 11 is 0. The Morgan fingerprint density at radius 1 is 1.42 bits per heavy atom. The zero-order chi connectivity index (χ0) is 13.9. The van der Waals surface area contributed by atoms with Crippen molar-refractivity contribution in [2.75, 3.05) is 19.7 Å². The van der Waals surface area contributed by atoms with Crippen LogP contribution in [0.15, 0.2) is 24.3 Å². The van der Waals surface area contributed by atoms with Gasteiger partial charge in [0.15, 0.2) is 0 Å². The maximum atomic E-state index is 11.9. The van der Waals surface area contributed by atoms with E-state index in [0.29, 0.717) is 19.6 Å². The van der Waals surface area contributed by atoms with Crippen molar-refractivity contribution in [3.63, 3.8) is 0 Å². The fourth-order valence-corrected chi connectivity index (χ4v) is 2.29. The van der Waals surface area contributed by atoms with Gasteiger partial charge in [-0.05, 0) is 37.6 Å². The smallest absolute Gasteiger partial charge is 0.248 e. The van der Waals surface area contributed by atoms with E-state index in [4.69, 9.17) is 10.5 Å². The van der Waals surface area contributed by atoms with Gasteiger partial charge in [0.05, 0.1) is 5.60 Å². The molecule has 1 aromatic rings. The van der Waals surface area contributed by atoms with Crippen LogP contribution < -0.4 is 5.73 Å². The number of benzene rings is 1. The van der Waals surface area contributed by atoms with E-state index in [1.165, 1.54) is 0 Å². The second kappa shape index (κ2) is 5.59. The lowest BCUT2D eigenvalue weighted by atomic mass is 9.99. The van der Waals surface area contributed by atoms with E-state index in [0.717, 1.165) is 12.0 Å². The van der Waals surface area contributed by atoms with Gasteiger partial charge < -0.3 is 20.5 Å². The number of morpholine rings is 1. The van der Waals surface area contributed by atoms with Crippen molar-refractivity contribution in [3.05, 3.63) is 29.8 Å². The number of phenols is 1. The second-order valence-corrected chi connectivity index (χ2v) is 5.19. The number of nitrogens with two attached hydrogens (primary N) is 1. The van der Waals surface area contributed by atoms with Crippen molar-refractivity contribution in [1.82, 2.24) is 4.90 Å². The van der Waals surface area contributed by atoms with Crippen LogP contribution in [0.4, 0.5) is 0 Å². The van der Waals surface area contributed by atoms with E-state index in [9.17, 15) is 9.90 Å². The highest BCUT2D eigenvalue weighted by Gasteiger charge is 2.35. The van der Waals surface area contributed by atoms with E-state index < -0.39 is 0 Å². The lowest BCUT2D eigenvalue weighted by Crippen LogP contribution is -2.53.